The molecule has 0 radical (unpaired) electrons. The molecule has 6 aromatic heterocycles. The molecule has 0 unspecified atom stereocenters. The molecule has 4 aliphatic carbocycles. The summed E-state index contributed by atoms with van der Waals surface area (Å²) < 4.78 is 37.7. The van der Waals surface area contributed by atoms with E-state index in [0.29, 0.717) is 23.5 Å². The van der Waals surface area contributed by atoms with Gasteiger partial charge in [-0.2, -0.15) is 5.10 Å². The number of nitrogens with one attached hydrogen (secondary N) is 5. The number of anilines is 7. The van der Waals surface area contributed by atoms with Crippen molar-refractivity contribution in [2.24, 2.45) is 13.0 Å². The number of amides is 2. The van der Waals surface area contributed by atoms with Crippen LogP contribution in [0.15, 0.2) is 111 Å². The molecule has 28 nitrogen and oxygen atoms in total. The summed E-state index contributed by atoms with van der Waals surface area (Å²) in [5.41, 5.74) is 10.5. The fourth-order valence-corrected chi connectivity index (χ4v) is 14.0. The zero-order valence-electron chi connectivity index (χ0n) is 57.5. The summed E-state index contributed by atoms with van der Waals surface area (Å²) in [6, 6.07) is 13.4. The number of aryl methyl sites for hydroxylation is 1. The summed E-state index contributed by atoms with van der Waals surface area (Å²) in [5.74, 6) is 3.90. The molecule has 4 saturated carbocycles. The Balaban J connectivity index is 0.000000129. The first kappa shape index (κ1) is 68.2. The smallest absolute Gasteiger partial charge is 0.254 e. The van der Waals surface area contributed by atoms with Crippen LogP contribution in [-0.4, -0.2) is 194 Å². The number of carbonyl (C=O) groups excluding carboxylic acids is 2. The van der Waals surface area contributed by atoms with Gasteiger partial charge in [-0.15, -0.1) is 0 Å². The number of rotatable bonds is 18. The van der Waals surface area contributed by atoms with Crippen LogP contribution >= 0.6 is 0 Å². The maximum atomic E-state index is 12.2. The lowest BCUT2D eigenvalue weighted by Gasteiger charge is -2.33. The Morgan fingerprint density at radius 3 is 1.20 bits per heavy atom. The van der Waals surface area contributed by atoms with E-state index in [1.807, 2.05) is 13.2 Å². The second kappa shape index (κ2) is 33.0. The van der Waals surface area contributed by atoms with Gasteiger partial charge in [0.1, 0.15) is 33.8 Å². The van der Waals surface area contributed by atoms with E-state index < -0.39 is 0 Å². The van der Waals surface area contributed by atoms with E-state index in [1.54, 1.807) is 67.5 Å². The lowest BCUT2D eigenvalue weighted by Crippen LogP contribution is -2.43. The van der Waals surface area contributed by atoms with Crippen molar-refractivity contribution in [3.05, 3.63) is 116 Å². The average molecular weight is 1380 g/mol. The van der Waals surface area contributed by atoms with Crippen LogP contribution in [0.25, 0.3) is 33.1 Å². The highest BCUT2D eigenvalue weighted by Gasteiger charge is 2.32. The number of morpholine rings is 3. The van der Waals surface area contributed by atoms with E-state index in [1.165, 1.54) is 18.8 Å². The molecule has 3 aliphatic heterocycles. The molecular formula is C73H90N20O8. The fourth-order valence-electron chi connectivity index (χ4n) is 14.0. The molecule has 9 heterocycles. The Morgan fingerprint density at radius 2 is 0.832 bits per heavy atom. The minimum Gasteiger partial charge on any atom is -0.488 e. The third kappa shape index (κ3) is 17.8. The van der Waals surface area contributed by atoms with Crippen LogP contribution in [0, 0.1) is 5.92 Å². The van der Waals surface area contributed by atoms with Gasteiger partial charge in [-0.1, -0.05) is 6.42 Å². The standard InChI is InChI=1S/C26H31N9O2.C24H29N7O3.C23H30N4O3/c1-34-17-20(16-31-34)32-19-14-29-26(30-15-19)33-18-2-4-22(5-3-18)37-24-13-21(35-8-10-36-11-9-35)12-23-25(24)28-7-6-27-23;1-25-23(32)16-14-28-24(29-15-16)30-17-2-4-19(5-3-17)34-21-13-18(31-8-10-33-11-9-31)12-20-22(21)27-7-6-26-20;28-23(16-2-1-3-16)26-17-4-6-19(7-5-17)30-21-15-18(27-10-12-29-13-11-27)14-20-22(21)25-9-8-24-20/h6-7,12-18,22,32H,2-5,8-11H2,1H3,(H,29,30,33);6-7,12-15,17,19H,2-5,8-11H2,1H3,(H,25,32)(H,28,29,30);8-9,14-17,19H,1-7,10-13H2,(H,26,28). The Kier molecular flexibility index (Phi) is 22.3. The maximum Gasteiger partial charge on any atom is 0.254 e. The van der Waals surface area contributed by atoms with Gasteiger partial charge >= 0.3 is 0 Å². The van der Waals surface area contributed by atoms with Crippen molar-refractivity contribution in [3.8, 4) is 17.2 Å². The number of nitrogens with zero attached hydrogens (tertiary/aromatic N) is 15. The predicted molar refractivity (Wildman–Crippen MR) is 384 cm³/mol. The number of aromatic nitrogens is 12. The van der Waals surface area contributed by atoms with Gasteiger partial charge in [0.15, 0.2) is 0 Å². The van der Waals surface area contributed by atoms with Crippen LogP contribution in [-0.2, 0) is 26.1 Å². The van der Waals surface area contributed by atoms with Crippen molar-refractivity contribution in [2.75, 3.05) is 117 Å². The summed E-state index contributed by atoms with van der Waals surface area (Å²) in [7, 11) is 3.47. The van der Waals surface area contributed by atoms with Crippen molar-refractivity contribution in [1.82, 2.24) is 70.3 Å². The Labute approximate surface area is 586 Å². The molecule has 9 aromatic rings. The van der Waals surface area contributed by atoms with Crippen LogP contribution in [0.1, 0.15) is 107 Å². The van der Waals surface area contributed by atoms with Gasteiger partial charge in [0.2, 0.25) is 17.8 Å². The summed E-state index contributed by atoms with van der Waals surface area (Å²) in [4.78, 5) is 75.6. The van der Waals surface area contributed by atoms with E-state index in [2.05, 4.69) is 133 Å². The van der Waals surface area contributed by atoms with Crippen LogP contribution in [0.2, 0.25) is 0 Å². The summed E-state index contributed by atoms with van der Waals surface area (Å²) in [6.45, 7) is 9.59. The normalized spacial score (nSPS) is 21.7. The lowest BCUT2D eigenvalue weighted by atomic mass is 9.84. The monoisotopic (exact) mass is 1370 g/mol. The molecule has 101 heavy (non-hydrogen) atoms. The van der Waals surface area contributed by atoms with Crippen molar-refractivity contribution in [2.45, 2.75) is 133 Å². The zero-order chi connectivity index (χ0) is 68.7. The minimum atomic E-state index is -0.195. The highest BCUT2D eigenvalue weighted by Crippen LogP contribution is 2.38. The number of hydrogen-bond donors (Lipinski definition) is 5. The van der Waals surface area contributed by atoms with Crippen molar-refractivity contribution in [3.63, 3.8) is 0 Å². The van der Waals surface area contributed by atoms with E-state index in [-0.39, 0.29) is 48.1 Å². The van der Waals surface area contributed by atoms with Crippen molar-refractivity contribution in [1.29, 1.82) is 0 Å². The van der Waals surface area contributed by atoms with E-state index in [4.69, 9.17) is 28.4 Å². The molecule has 16 rings (SSSR count). The van der Waals surface area contributed by atoms with Gasteiger partial charge in [-0.05, 0) is 108 Å². The van der Waals surface area contributed by atoms with Crippen LogP contribution < -0.4 is 55.5 Å². The molecule has 0 atom stereocenters. The molecule has 5 N–H and O–H groups in total. The largest absolute Gasteiger partial charge is 0.488 e. The molecule has 28 heteroatoms. The Bertz CT molecular complexity index is 4190. The van der Waals surface area contributed by atoms with Gasteiger partial charge in [0.05, 0.1) is 110 Å². The topological polar surface area (TPSA) is 306 Å². The van der Waals surface area contributed by atoms with Crippen molar-refractivity contribution >= 4 is 85.2 Å². The highest BCUT2D eigenvalue weighted by molar-refractivity contribution is 5.93. The summed E-state index contributed by atoms with van der Waals surface area (Å²) in [5, 5.41) is 20.1. The highest BCUT2D eigenvalue weighted by atomic mass is 16.5. The molecule has 7 aliphatic rings. The van der Waals surface area contributed by atoms with Crippen LogP contribution in [0.4, 0.5) is 40.3 Å². The number of fused-ring (bicyclic) bond motifs is 3. The number of benzene rings is 3. The average Bonchev–Trinajstić information content (AvgIpc) is 1.14. The number of carbonyl (C=O) groups is 2. The van der Waals surface area contributed by atoms with Crippen molar-refractivity contribution < 1.29 is 38.0 Å². The Morgan fingerprint density at radius 1 is 0.446 bits per heavy atom. The molecule has 530 valence electrons. The molecule has 3 saturated heterocycles. The first-order valence-electron chi connectivity index (χ1n) is 35.8. The van der Waals surface area contributed by atoms with Gasteiger partial charge in [0, 0.05) is 168 Å². The SMILES string of the molecule is CNC(=O)c1cnc(NC2CCC(Oc3cc(N4CCOCC4)cc4nccnc34)CC2)nc1.Cn1cc(Nc2cnc(NC3CCC(Oc4cc(N5CCOCC5)cc5nccnc45)CC3)nc2)cn1.O=C(NC1CCC(Oc2cc(N3CCOCC3)cc3nccnc23)CC1)C1CCC1. The summed E-state index contributed by atoms with van der Waals surface area (Å²) >= 11 is 0. The minimum absolute atomic E-state index is 0.111. The molecular weight excluding hydrogens is 1280 g/mol. The quantitative estimate of drug-likeness (QED) is 0.0535. The van der Waals surface area contributed by atoms with E-state index in [0.717, 1.165) is 248 Å². The number of ether oxygens (including phenoxy) is 6. The third-order valence-corrected chi connectivity index (χ3v) is 19.9. The van der Waals surface area contributed by atoms with E-state index in [9.17, 15) is 9.59 Å². The molecule has 0 spiro atoms. The van der Waals surface area contributed by atoms with Crippen LogP contribution in [0.3, 0.4) is 0 Å². The van der Waals surface area contributed by atoms with Gasteiger partial charge in [0.25, 0.3) is 5.91 Å². The second-order valence-electron chi connectivity index (χ2n) is 26.8. The number of hydrogen-bond acceptors (Lipinski definition) is 25. The lowest BCUT2D eigenvalue weighted by molar-refractivity contribution is -0.128. The fraction of sp³-hybridized carbons (Fsp3) is 0.493. The van der Waals surface area contributed by atoms with Gasteiger partial charge in [-0.25, -0.2) is 34.9 Å². The van der Waals surface area contributed by atoms with Gasteiger partial charge in [-0.3, -0.25) is 29.2 Å². The summed E-state index contributed by atoms with van der Waals surface area (Å²) in [6.07, 6.45) is 35.7. The molecule has 0 bridgehead atoms. The van der Waals surface area contributed by atoms with Gasteiger partial charge < -0.3 is 69.7 Å². The maximum absolute atomic E-state index is 12.2. The first-order valence-corrected chi connectivity index (χ1v) is 35.8. The predicted octanol–water partition coefficient (Wildman–Crippen LogP) is 9.03. The molecule has 7 fully saturated rings. The third-order valence-electron chi connectivity index (χ3n) is 19.9. The molecule has 3 aromatic carbocycles. The second-order valence-corrected chi connectivity index (χ2v) is 26.8. The van der Waals surface area contributed by atoms with E-state index >= 15 is 0 Å². The van der Waals surface area contributed by atoms with Crippen LogP contribution in [0.5, 0.6) is 17.2 Å². The zero-order valence-corrected chi connectivity index (χ0v) is 57.5. The Hall–Kier alpha value is -9.93. The first-order chi connectivity index (χ1) is 49.6. The molecule has 2 amide bonds.